The predicted molar refractivity (Wildman–Crippen MR) is 56.4 cm³/mol. The molecule has 1 heterocycles. The first kappa shape index (κ1) is 14.9. The lowest BCUT2D eigenvalue weighted by Gasteiger charge is -1.99. The van der Waals surface area contributed by atoms with Gasteiger partial charge in [-0.05, 0) is 12.5 Å². The molecule has 0 aromatic carbocycles. The zero-order valence-electron chi connectivity index (χ0n) is 9.63. The lowest BCUT2D eigenvalue weighted by molar-refractivity contribution is -0.702. The van der Waals surface area contributed by atoms with Gasteiger partial charge in [0.1, 0.15) is 0 Å². The maximum Gasteiger partial charge on any atom is 0.673 e. The van der Waals surface area contributed by atoms with Crippen LogP contribution >= 0.6 is 0 Å². The molecule has 6 heteroatoms. The van der Waals surface area contributed by atoms with Gasteiger partial charge < -0.3 is 17.3 Å². The molecule has 0 atom stereocenters. The quantitative estimate of drug-likeness (QED) is 0.422. The zero-order valence-corrected chi connectivity index (χ0v) is 9.63. The van der Waals surface area contributed by atoms with E-state index in [1.807, 2.05) is 0 Å². The molecule has 16 heavy (non-hydrogen) atoms. The summed E-state index contributed by atoms with van der Waals surface area (Å²) in [7, 11) is -6.00. The number of aryl methyl sites for hydroxylation is 1. The molecule has 0 saturated heterocycles. The van der Waals surface area contributed by atoms with E-state index in [0.29, 0.717) is 0 Å². The van der Waals surface area contributed by atoms with Crippen LogP contribution in [0.25, 0.3) is 0 Å². The Balaban J connectivity index is 0.000000385. The van der Waals surface area contributed by atoms with Gasteiger partial charge in [-0.15, -0.1) is 0 Å². The molecule has 0 N–H and O–H groups in total. The van der Waals surface area contributed by atoms with E-state index in [9.17, 15) is 17.3 Å². The topological polar surface area (TPSA) is 3.88 Å². The Bertz CT molecular complexity index is 289. The first-order valence-electron chi connectivity index (χ1n) is 5.01. The standard InChI is InChI=1S/C10H16N.BF4/c1-9(2)8-11-6-4-10(3)5-7-11;2-1(3,4)5/h4-7,9H,8H2,1-3H3;/q+1;-1. The third kappa shape index (κ3) is 11.0. The lowest BCUT2D eigenvalue weighted by Crippen LogP contribution is -2.35. The molecule has 1 nitrogen and oxygen atoms in total. The molecule has 0 fully saturated rings. The molecule has 0 spiro atoms. The summed E-state index contributed by atoms with van der Waals surface area (Å²) in [5.74, 6) is 0.725. The zero-order chi connectivity index (χ0) is 12.8. The van der Waals surface area contributed by atoms with Crippen LogP contribution in [-0.2, 0) is 6.54 Å². The van der Waals surface area contributed by atoms with Gasteiger partial charge in [0, 0.05) is 18.1 Å². The third-order valence-electron chi connectivity index (χ3n) is 1.63. The second kappa shape index (κ2) is 6.50. The largest absolute Gasteiger partial charge is 0.673 e. The van der Waals surface area contributed by atoms with Crippen LogP contribution in [0.2, 0.25) is 0 Å². The summed E-state index contributed by atoms with van der Waals surface area (Å²) in [6.45, 7) is 7.68. The maximum atomic E-state index is 9.75. The van der Waals surface area contributed by atoms with E-state index < -0.39 is 7.25 Å². The molecular formula is C10H16BF4N. The molecule has 0 unspecified atom stereocenters. The van der Waals surface area contributed by atoms with Crippen LogP contribution < -0.4 is 4.57 Å². The monoisotopic (exact) mass is 237 g/mol. The minimum Gasteiger partial charge on any atom is -0.418 e. The predicted octanol–water partition coefficient (Wildman–Crippen LogP) is 3.24. The second-order valence-corrected chi connectivity index (χ2v) is 3.96. The maximum absolute atomic E-state index is 9.75. The van der Waals surface area contributed by atoms with Crippen LogP contribution in [0.1, 0.15) is 19.4 Å². The van der Waals surface area contributed by atoms with Crippen molar-refractivity contribution < 1.29 is 21.8 Å². The molecule has 0 aliphatic carbocycles. The summed E-state index contributed by atoms with van der Waals surface area (Å²) in [6, 6.07) is 4.28. The highest BCUT2D eigenvalue weighted by Crippen LogP contribution is 2.06. The number of aromatic nitrogens is 1. The van der Waals surface area contributed by atoms with Crippen LogP contribution in [0.5, 0.6) is 0 Å². The van der Waals surface area contributed by atoms with Crippen molar-refractivity contribution in [2.75, 3.05) is 0 Å². The number of nitrogens with zero attached hydrogens (tertiary/aromatic N) is 1. The molecule has 0 radical (unpaired) electrons. The highest BCUT2D eigenvalue weighted by atomic mass is 19.5. The van der Waals surface area contributed by atoms with Gasteiger partial charge in [0.05, 0.1) is 0 Å². The number of rotatable bonds is 2. The van der Waals surface area contributed by atoms with E-state index >= 15 is 0 Å². The Morgan fingerprint density at radius 3 is 1.81 bits per heavy atom. The summed E-state index contributed by atoms with van der Waals surface area (Å²) >= 11 is 0. The van der Waals surface area contributed by atoms with E-state index in [1.165, 1.54) is 5.56 Å². The number of hydrogen-bond acceptors (Lipinski definition) is 0. The Labute approximate surface area is 93.2 Å². The van der Waals surface area contributed by atoms with Crippen LogP contribution in [0.15, 0.2) is 24.5 Å². The van der Waals surface area contributed by atoms with E-state index in [-0.39, 0.29) is 0 Å². The van der Waals surface area contributed by atoms with Crippen LogP contribution in [0, 0.1) is 12.8 Å². The molecular weight excluding hydrogens is 221 g/mol. The van der Waals surface area contributed by atoms with Gasteiger partial charge >= 0.3 is 7.25 Å². The number of hydrogen-bond donors (Lipinski definition) is 0. The molecule has 1 aromatic rings. The molecule has 1 rings (SSSR count). The van der Waals surface area contributed by atoms with Crippen LogP contribution in [0.4, 0.5) is 17.3 Å². The molecule has 92 valence electrons. The van der Waals surface area contributed by atoms with Gasteiger partial charge in [0.2, 0.25) is 0 Å². The van der Waals surface area contributed by atoms with Crippen molar-refractivity contribution in [3.05, 3.63) is 30.1 Å². The molecule has 1 aromatic heterocycles. The molecule has 0 aliphatic rings. The minimum atomic E-state index is -6.00. The smallest absolute Gasteiger partial charge is 0.418 e. The summed E-state index contributed by atoms with van der Waals surface area (Å²) in [5, 5.41) is 0. The van der Waals surface area contributed by atoms with Gasteiger partial charge in [-0.2, -0.15) is 0 Å². The molecule has 0 bridgehead atoms. The van der Waals surface area contributed by atoms with E-state index in [0.717, 1.165) is 12.5 Å². The summed E-state index contributed by atoms with van der Waals surface area (Å²) in [4.78, 5) is 0. The van der Waals surface area contributed by atoms with Gasteiger partial charge in [-0.1, -0.05) is 13.8 Å². The first-order valence-corrected chi connectivity index (χ1v) is 5.01. The fraction of sp³-hybridized carbons (Fsp3) is 0.500. The van der Waals surface area contributed by atoms with Gasteiger partial charge in [-0.25, -0.2) is 4.57 Å². The fourth-order valence-corrected chi connectivity index (χ4v) is 1.08. The Hall–Kier alpha value is -1.07. The molecule has 0 aliphatic heterocycles. The van der Waals surface area contributed by atoms with Crippen LogP contribution in [-0.4, -0.2) is 7.25 Å². The van der Waals surface area contributed by atoms with Crippen LogP contribution in [0.3, 0.4) is 0 Å². The van der Waals surface area contributed by atoms with Crippen molar-refractivity contribution in [2.24, 2.45) is 5.92 Å². The Kier molecular flexibility index (Phi) is 6.07. The SMILES string of the molecule is Cc1cc[n+](CC(C)C)cc1.F[B-](F)(F)F. The normalized spacial score (nSPS) is 11.0. The van der Waals surface area contributed by atoms with E-state index in [1.54, 1.807) is 0 Å². The third-order valence-corrected chi connectivity index (χ3v) is 1.63. The van der Waals surface area contributed by atoms with Gasteiger partial charge in [0.25, 0.3) is 0 Å². The average Bonchev–Trinajstić information content (AvgIpc) is 2.05. The first-order chi connectivity index (χ1) is 7.18. The van der Waals surface area contributed by atoms with Crippen molar-refractivity contribution >= 4 is 7.25 Å². The van der Waals surface area contributed by atoms with E-state index in [4.69, 9.17) is 0 Å². The highest BCUT2D eigenvalue weighted by Gasteiger charge is 2.20. The number of halogens is 4. The summed E-state index contributed by atoms with van der Waals surface area (Å²) < 4.78 is 41.2. The van der Waals surface area contributed by atoms with Crippen molar-refractivity contribution in [1.29, 1.82) is 0 Å². The molecule has 0 amide bonds. The van der Waals surface area contributed by atoms with Crippen molar-refractivity contribution in [3.63, 3.8) is 0 Å². The summed E-state index contributed by atoms with van der Waals surface area (Å²) in [5.41, 5.74) is 1.32. The minimum absolute atomic E-state index is 0.725. The molecule has 0 saturated carbocycles. The van der Waals surface area contributed by atoms with Crippen molar-refractivity contribution in [1.82, 2.24) is 0 Å². The lowest BCUT2D eigenvalue weighted by atomic mass is 10.2. The van der Waals surface area contributed by atoms with Gasteiger partial charge in [0.15, 0.2) is 18.9 Å². The van der Waals surface area contributed by atoms with Gasteiger partial charge in [-0.3, -0.25) is 0 Å². The second-order valence-electron chi connectivity index (χ2n) is 3.96. The Morgan fingerprint density at radius 1 is 1.12 bits per heavy atom. The Morgan fingerprint density at radius 2 is 1.50 bits per heavy atom. The summed E-state index contributed by atoms with van der Waals surface area (Å²) in [6.07, 6.45) is 4.27. The van der Waals surface area contributed by atoms with E-state index in [2.05, 4.69) is 49.9 Å². The fourth-order valence-electron chi connectivity index (χ4n) is 1.08. The average molecular weight is 237 g/mol. The van der Waals surface area contributed by atoms with Crippen molar-refractivity contribution in [2.45, 2.75) is 27.3 Å². The number of pyridine rings is 1. The van der Waals surface area contributed by atoms with Crippen molar-refractivity contribution in [3.8, 4) is 0 Å². The highest BCUT2D eigenvalue weighted by molar-refractivity contribution is 6.50.